The van der Waals surface area contributed by atoms with Crippen LogP contribution in [0.1, 0.15) is 18.9 Å². The smallest absolute Gasteiger partial charge is 0.389 e. The van der Waals surface area contributed by atoms with Gasteiger partial charge in [-0.25, -0.2) is 4.79 Å². The second kappa shape index (κ2) is 7.85. The van der Waals surface area contributed by atoms with E-state index in [2.05, 4.69) is 5.32 Å². The SMILES string of the molecule is CC(CN(C)C(=O)Nc1cccc(CCC(F)(F)F)c1)C(=O)O. The Bertz CT molecular complexity index is 561. The Labute approximate surface area is 132 Å². The second-order valence-corrected chi connectivity index (χ2v) is 5.37. The van der Waals surface area contributed by atoms with Crippen LogP contribution in [-0.2, 0) is 11.2 Å². The molecule has 1 atom stereocenters. The summed E-state index contributed by atoms with van der Waals surface area (Å²) in [5, 5.41) is 11.3. The summed E-state index contributed by atoms with van der Waals surface area (Å²) in [7, 11) is 1.45. The fraction of sp³-hybridized carbons (Fsp3) is 0.467. The van der Waals surface area contributed by atoms with Crippen molar-refractivity contribution in [1.29, 1.82) is 0 Å². The number of nitrogens with zero attached hydrogens (tertiary/aromatic N) is 1. The average molecular weight is 332 g/mol. The summed E-state index contributed by atoms with van der Waals surface area (Å²) >= 11 is 0. The van der Waals surface area contributed by atoms with Crippen LogP contribution in [0.4, 0.5) is 23.7 Å². The van der Waals surface area contributed by atoms with E-state index in [1.165, 1.54) is 24.9 Å². The molecular formula is C15H19F3N2O3. The number of aliphatic carboxylic acids is 1. The van der Waals surface area contributed by atoms with E-state index < -0.39 is 30.5 Å². The predicted molar refractivity (Wildman–Crippen MR) is 79.3 cm³/mol. The summed E-state index contributed by atoms with van der Waals surface area (Å²) in [6, 6.07) is 5.62. The van der Waals surface area contributed by atoms with Gasteiger partial charge in [0.25, 0.3) is 0 Å². The number of aryl methyl sites for hydroxylation is 1. The average Bonchev–Trinajstić information content (AvgIpc) is 2.44. The van der Waals surface area contributed by atoms with E-state index in [1.54, 1.807) is 18.2 Å². The number of carboxylic acid groups (broad SMARTS) is 1. The molecule has 2 N–H and O–H groups in total. The van der Waals surface area contributed by atoms with Crippen molar-refractivity contribution in [2.75, 3.05) is 18.9 Å². The molecule has 0 fully saturated rings. The lowest BCUT2D eigenvalue weighted by atomic mass is 10.1. The largest absolute Gasteiger partial charge is 0.481 e. The molecule has 0 aliphatic heterocycles. The lowest BCUT2D eigenvalue weighted by Gasteiger charge is -2.20. The molecule has 1 aromatic carbocycles. The van der Waals surface area contributed by atoms with Crippen molar-refractivity contribution in [2.24, 2.45) is 5.92 Å². The maximum absolute atomic E-state index is 12.2. The van der Waals surface area contributed by atoms with Crippen LogP contribution >= 0.6 is 0 Å². The molecule has 5 nitrogen and oxygen atoms in total. The van der Waals surface area contributed by atoms with Crippen molar-refractivity contribution in [3.8, 4) is 0 Å². The Balaban J connectivity index is 2.62. The number of rotatable bonds is 6. The quantitative estimate of drug-likeness (QED) is 0.839. The van der Waals surface area contributed by atoms with E-state index in [0.29, 0.717) is 11.3 Å². The van der Waals surface area contributed by atoms with E-state index in [4.69, 9.17) is 5.11 Å². The fourth-order valence-corrected chi connectivity index (χ4v) is 1.88. The first kappa shape index (κ1) is 18.8. The molecule has 0 saturated heterocycles. The van der Waals surface area contributed by atoms with Crippen molar-refractivity contribution < 1.29 is 27.9 Å². The summed E-state index contributed by atoms with van der Waals surface area (Å²) < 4.78 is 36.7. The molecule has 8 heteroatoms. The topological polar surface area (TPSA) is 69.6 Å². The molecule has 0 aliphatic rings. The van der Waals surface area contributed by atoms with Crippen LogP contribution in [-0.4, -0.2) is 41.8 Å². The van der Waals surface area contributed by atoms with Crippen molar-refractivity contribution in [2.45, 2.75) is 25.9 Å². The molecule has 0 spiro atoms. The molecule has 128 valence electrons. The molecule has 0 aromatic heterocycles. The highest BCUT2D eigenvalue weighted by molar-refractivity contribution is 5.89. The minimum atomic E-state index is -4.23. The van der Waals surface area contributed by atoms with E-state index in [-0.39, 0.29) is 13.0 Å². The number of amides is 2. The maximum atomic E-state index is 12.2. The Morgan fingerprint density at radius 3 is 2.57 bits per heavy atom. The van der Waals surface area contributed by atoms with Gasteiger partial charge in [0.05, 0.1) is 5.92 Å². The minimum Gasteiger partial charge on any atom is -0.481 e. The van der Waals surface area contributed by atoms with Gasteiger partial charge in [0.2, 0.25) is 0 Å². The molecule has 1 unspecified atom stereocenters. The predicted octanol–water partition coefficient (Wildman–Crippen LogP) is 3.37. The van der Waals surface area contributed by atoms with E-state index >= 15 is 0 Å². The molecule has 0 aliphatic carbocycles. The zero-order valence-electron chi connectivity index (χ0n) is 12.9. The Morgan fingerprint density at radius 1 is 1.35 bits per heavy atom. The lowest BCUT2D eigenvalue weighted by Crippen LogP contribution is -2.36. The van der Waals surface area contributed by atoms with Crippen LogP contribution in [0.15, 0.2) is 24.3 Å². The van der Waals surface area contributed by atoms with Gasteiger partial charge in [-0.2, -0.15) is 13.2 Å². The number of hydrogen-bond acceptors (Lipinski definition) is 2. The van der Waals surface area contributed by atoms with Crippen LogP contribution in [0.3, 0.4) is 0 Å². The summed E-state index contributed by atoms with van der Waals surface area (Å²) in [6.07, 6.45) is -5.33. The first-order valence-electron chi connectivity index (χ1n) is 6.99. The Morgan fingerprint density at radius 2 is 2.00 bits per heavy atom. The molecule has 0 saturated carbocycles. The molecule has 0 radical (unpaired) electrons. The van der Waals surface area contributed by atoms with Crippen LogP contribution in [0.5, 0.6) is 0 Å². The number of halogens is 3. The van der Waals surface area contributed by atoms with Crippen LogP contribution < -0.4 is 5.32 Å². The van der Waals surface area contributed by atoms with Gasteiger partial charge in [-0.05, 0) is 24.1 Å². The second-order valence-electron chi connectivity index (χ2n) is 5.37. The van der Waals surface area contributed by atoms with Crippen molar-refractivity contribution in [3.05, 3.63) is 29.8 Å². The van der Waals surface area contributed by atoms with Crippen LogP contribution in [0.2, 0.25) is 0 Å². The summed E-state index contributed by atoms with van der Waals surface area (Å²) in [6.45, 7) is 1.50. The van der Waals surface area contributed by atoms with Gasteiger partial charge in [0, 0.05) is 25.7 Å². The molecule has 23 heavy (non-hydrogen) atoms. The highest BCUT2D eigenvalue weighted by Gasteiger charge is 2.26. The third-order valence-corrected chi connectivity index (χ3v) is 3.19. The lowest BCUT2D eigenvalue weighted by molar-refractivity contribution is -0.141. The first-order valence-corrected chi connectivity index (χ1v) is 6.99. The third kappa shape index (κ3) is 7.03. The minimum absolute atomic E-state index is 0.0227. The molecular weight excluding hydrogens is 313 g/mol. The number of anilines is 1. The molecule has 2 amide bonds. The Hall–Kier alpha value is -2.25. The standard InChI is InChI=1S/C15H19F3N2O3/c1-10(13(21)22)9-20(2)14(23)19-12-5-3-4-11(8-12)6-7-15(16,17)18/h3-5,8,10H,6-7,9H2,1-2H3,(H,19,23)(H,21,22). The van der Waals surface area contributed by atoms with Gasteiger partial charge in [0.15, 0.2) is 0 Å². The zero-order chi connectivity index (χ0) is 17.6. The zero-order valence-corrected chi connectivity index (χ0v) is 12.9. The number of carboxylic acids is 1. The number of nitrogens with one attached hydrogen (secondary N) is 1. The van der Waals surface area contributed by atoms with E-state index in [9.17, 15) is 22.8 Å². The maximum Gasteiger partial charge on any atom is 0.389 e. The number of alkyl halides is 3. The van der Waals surface area contributed by atoms with Gasteiger partial charge < -0.3 is 15.3 Å². The van der Waals surface area contributed by atoms with Gasteiger partial charge in [0.1, 0.15) is 0 Å². The van der Waals surface area contributed by atoms with E-state index in [1.807, 2.05) is 0 Å². The summed E-state index contributed by atoms with van der Waals surface area (Å²) in [5.74, 6) is -1.73. The third-order valence-electron chi connectivity index (χ3n) is 3.19. The molecule has 1 rings (SSSR count). The number of hydrogen-bond donors (Lipinski definition) is 2. The normalized spacial score (nSPS) is 12.6. The summed E-state index contributed by atoms with van der Waals surface area (Å²) in [4.78, 5) is 23.9. The number of urea groups is 1. The Kier molecular flexibility index (Phi) is 6.41. The number of carbonyl (C=O) groups excluding carboxylic acids is 1. The molecule has 0 bridgehead atoms. The van der Waals surface area contributed by atoms with Gasteiger partial charge in [-0.15, -0.1) is 0 Å². The van der Waals surface area contributed by atoms with Gasteiger partial charge >= 0.3 is 18.2 Å². The molecule has 0 heterocycles. The van der Waals surface area contributed by atoms with Crippen LogP contribution in [0.25, 0.3) is 0 Å². The summed E-state index contributed by atoms with van der Waals surface area (Å²) in [5.41, 5.74) is 0.825. The monoisotopic (exact) mass is 332 g/mol. The number of carbonyl (C=O) groups is 2. The van der Waals surface area contributed by atoms with Crippen molar-refractivity contribution in [1.82, 2.24) is 4.90 Å². The van der Waals surface area contributed by atoms with Gasteiger partial charge in [-0.1, -0.05) is 19.1 Å². The van der Waals surface area contributed by atoms with Gasteiger partial charge in [-0.3, -0.25) is 4.79 Å². The van der Waals surface area contributed by atoms with E-state index in [0.717, 1.165) is 0 Å². The molecule has 1 aromatic rings. The number of benzene rings is 1. The first-order chi connectivity index (χ1) is 10.6. The highest BCUT2D eigenvalue weighted by atomic mass is 19.4. The fourth-order valence-electron chi connectivity index (χ4n) is 1.88. The van der Waals surface area contributed by atoms with Crippen molar-refractivity contribution >= 4 is 17.7 Å². The highest BCUT2D eigenvalue weighted by Crippen LogP contribution is 2.23. The van der Waals surface area contributed by atoms with Crippen LogP contribution in [0, 0.1) is 5.92 Å². The van der Waals surface area contributed by atoms with Crippen molar-refractivity contribution in [3.63, 3.8) is 0 Å².